The molecule has 1 aromatic rings. The zero-order valence-electron chi connectivity index (χ0n) is 12.8. The van der Waals surface area contributed by atoms with Crippen LogP contribution in [-0.4, -0.2) is 27.7 Å². The molecular formula is C14H27N5O. The molecule has 3 unspecified atom stereocenters. The summed E-state index contributed by atoms with van der Waals surface area (Å²) in [6.07, 6.45) is 7.28. The number of aromatic nitrogens is 3. The topological polar surface area (TPSA) is 78.0 Å². The molecule has 6 nitrogen and oxygen atoms in total. The summed E-state index contributed by atoms with van der Waals surface area (Å²) in [7, 11) is 1.79. The molecule has 1 saturated carbocycles. The first-order chi connectivity index (χ1) is 9.66. The molecule has 1 aliphatic carbocycles. The van der Waals surface area contributed by atoms with E-state index in [1.807, 2.05) is 4.68 Å². The number of hydrogen-bond donors (Lipinski definition) is 2. The van der Waals surface area contributed by atoms with Gasteiger partial charge in [0.15, 0.2) is 0 Å². The third-order valence-electron chi connectivity index (χ3n) is 4.47. The predicted molar refractivity (Wildman–Crippen MR) is 77.7 cm³/mol. The highest BCUT2D eigenvalue weighted by Gasteiger charge is 2.44. The van der Waals surface area contributed by atoms with E-state index >= 15 is 0 Å². The fourth-order valence-corrected chi connectivity index (χ4v) is 3.49. The van der Waals surface area contributed by atoms with E-state index in [-0.39, 0.29) is 11.6 Å². The number of nitrogens with two attached hydrogens (primary N) is 1. The number of hydrogen-bond acceptors (Lipinski definition) is 5. The first-order valence-electron chi connectivity index (χ1n) is 7.56. The molecule has 0 amide bonds. The molecule has 0 spiro atoms. The Balaban J connectivity index is 2.31. The maximum atomic E-state index is 5.95. The average molecular weight is 281 g/mol. The van der Waals surface area contributed by atoms with Crippen molar-refractivity contribution < 1.29 is 4.74 Å². The number of nitrogens with one attached hydrogen (secondary N) is 1. The largest absolute Gasteiger partial charge is 0.376 e. The van der Waals surface area contributed by atoms with Gasteiger partial charge in [-0.15, -0.1) is 5.10 Å². The smallest absolute Gasteiger partial charge is 0.0934 e. The van der Waals surface area contributed by atoms with Gasteiger partial charge in [0.2, 0.25) is 0 Å². The van der Waals surface area contributed by atoms with Crippen LogP contribution in [0.15, 0.2) is 6.20 Å². The molecule has 3 N–H and O–H groups in total. The summed E-state index contributed by atoms with van der Waals surface area (Å²) in [5, 5.41) is 8.22. The third kappa shape index (κ3) is 2.87. The van der Waals surface area contributed by atoms with Crippen LogP contribution in [0.2, 0.25) is 0 Å². The lowest BCUT2D eigenvalue weighted by Gasteiger charge is -2.44. The fraction of sp³-hybridized carbons (Fsp3) is 0.857. The van der Waals surface area contributed by atoms with Crippen molar-refractivity contribution in [3.8, 4) is 0 Å². The first kappa shape index (κ1) is 15.4. The van der Waals surface area contributed by atoms with Gasteiger partial charge in [-0.1, -0.05) is 31.9 Å². The van der Waals surface area contributed by atoms with E-state index in [0.717, 1.165) is 31.5 Å². The van der Waals surface area contributed by atoms with Crippen LogP contribution in [0.3, 0.4) is 0 Å². The molecule has 0 bridgehead atoms. The van der Waals surface area contributed by atoms with Gasteiger partial charge in [-0.3, -0.25) is 5.84 Å². The second-order valence-electron chi connectivity index (χ2n) is 5.95. The average Bonchev–Trinajstić information content (AvgIpc) is 2.88. The Morgan fingerprint density at radius 2 is 2.45 bits per heavy atom. The maximum absolute atomic E-state index is 5.95. The molecule has 3 atom stereocenters. The predicted octanol–water partition coefficient (Wildman–Crippen LogP) is 1.79. The maximum Gasteiger partial charge on any atom is 0.0934 e. The highest BCUT2D eigenvalue weighted by atomic mass is 16.5. The highest BCUT2D eigenvalue weighted by Crippen LogP contribution is 2.42. The van der Waals surface area contributed by atoms with E-state index in [1.54, 1.807) is 13.3 Å². The fourth-order valence-electron chi connectivity index (χ4n) is 3.49. The molecule has 1 aromatic heterocycles. The number of hydrazine groups is 1. The number of methoxy groups -OCH3 is 1. The molecule has 1 heterocycles. The molecule has 0 radical (unpaired) electrons. The van der Waals surface area contributed by atoms with E-state index in [9.17, 15) is 0 Å². The highest BCUT2D eigenvalue weighted by molar-refractivity contribution is 5.11. The lowest BCUT2D eigenvalue weighted by molar-refractivity contribution is -0.0824. The van der Waals surface area contributed by atoms with Crippen molar-refractivity contribution in [3.05, 3.63) is 11.9 Å². The first-order valence-corrected chi connectivity index (χ1v) is 7.56. The molecule has 0 saturated heterocycles. The summed E-state index contributed by atoms with van der Waals surface area (Å²) in [6.45, 7) is 5.26. The van der Waals surface area contributed by atoms with Gasteiger partial charge in [0.25, 0.3) is 0 Å². The van der Waals surface area contributed by atoms with Gasteiger partial charge in [-0.25, -0.2) is 10.1 Å². The van der Waals surface area contributed by atoms with Gasteiger partial charge in [0.05, 0.1) is 23.5 Å². The summed E-state index contributed by atoms with van der Waals surface area (Å²) in [6, 6.07) is -0.0724. The summed E-state index contributed by atoms with van der Waals surface area (Å²) in [4.78, 5) is 0. The van der Waals surface area contributed by atoms with Crippen molar-refractivity contribution in [1.29, 1.82) is 0 Å². The van der Waals surface area contributed by atoms with Gasteiger partial charge in [0.1, 0.15) is 0 Å². The standard InChI is InChI=1S/C14H27N5O/c1-4-8-19-12(10-16-18-19)13(17-15)14(20-3)7-5-6-11(2)9-14/h10-11,13,17H,4-9,15H2,1-3H3. The third-order valence-corrected chi connectivity index (χ3v) is 4.47. The minimum atomic E-state index is -0.264. The van der Waals surface area contributed by atoms with E-state index in [0.29, 0.717) is 5.92 Å². The van der Waals surface area contributed by atoms with Crippen molar-refractivity contribution in [2.75, 3.05) is 7.11 Å². The Morgan fingerprint density at radius 1 is 1.65 bits per heavy atom. The Bertz CT molecular complexity index is 421. The second-order valence-corrected chi connectivity index (χ2v) is 5.95. The minimum Gasteiger partial charge on any atom is -0.376 e. The van der Waals surface area contributed by atoms with Gasteiger partial charge in [0, 0.05) is 13.7 Å². The lowest BCUT2D eigenvalue weighted by Crippen LogP contribution is -2.51. The van der Waals surface area contributed by atoms with Gasteiger partial charge in [-0.05, 0) is 25.2 Å². The Morgan fingerprint density at radius 3 is 3.05 bits per heavy atom. The van der Waals surface area contributed by atoms with Crippen molar-refractivity contribution in [2.45, 2.75) is 64.1 Å². The summed E-state index contributed by atoms with van der Waals surface area (Å²) in [5.41, 5.74) is 3.71. The van der Waals surface area contributed by atoms with Crippen molar-refractivity contribution in [1.82, 2.24) is 20.4 Å². The van der Waals surface area contributed by atoms with Crippen LogP contribution < -0.4 is 11.3 Å². The Labute approximate surface area is 121 Å². The molecule has 1 fully saturated rings. The van der Waals surface area contributed by atoms with Gasteiger partial charge in [-0.2, -0.15) is 0 Å². The molecule has 0 aromatic carbocycles. The second kappa shape index (κ2) is 6.65. The van der Waals surface area contributed by atoms with Crippen LogP contribution in [0, 0.1) is 5.92 Å². The van der Waals surface area contributed by atoms with Gasteiger partial charge >= 0.3 is 0 Å². The van der Waals surface area contributed by atoms with E-state index in [4.69, 9.17) is 10.6 Å². The SMILES string of the molecule is CCCn1nncc1C(NN)C1(OC)CCCC(C)C1. The van der Waals surface area contributed by atoms with E-state index in [1.165, 1.54) is 12.8 Å². The zero-order chi connectivity index (χ0) is 14.6. The van der Waals surface area contributed by atoms with Crippen LogP contribution in [0.1, 0.15) is 57.7 Å². The molecule has 6 heteroatoms. The molecule has 1 aliphatic rings. The number of rotatable bonds is 6. The summed E-state index contributed by atoms with van der Waals surface area (Å²) >= 11 is 0. The van der Waals surface area contributed by atoms with Crippen LogP contribution in [0.4, 0.5) is 0 Å². The Hall–Kier alpha value is -0.980. The normalized spacial score (nSPS) is 28.5. The van der Waals surface area contributed by atoms with Crippen LogP contribution in [0.25, 0.3) is 0 Å². The van der Waals surface area contributed by atoms with Crippen LogP contribution >= 0.6 is 0 Å². The molecule has 20 heavy (non-hydrogen) atoms. The van der Waals surface area contributed by atoms with Crippen molar-refractivity contribution >= 4 is 0 Å². The van der Waals surface area contributed by atoms with Crippen molar-refractivity contribution in [3.63, 3.8) is 0 Å². The zero-order valence-corrected chi connectivity index (χ0v) is 12.8. The van der Waals surface area contributed by atoms with Crippen LogP contribution in [0.5, 0.6) is 0 Å². The number of ether oxygens (including phenoxy) is 1. The van der Waals surface area contributed by atoms with Gasteiger partial charge < -0.3 is 4.74 Å². The summed E-state index contributed by atoms with van der Waals surface area (Å²) in [5.74, 6) is 6.52. The van der Waals surface area contributed by atoms with E-state index in [2.05, 4.69) is 29.6 Å². The van der Waals surface area contributed by atoms with Crippen LogP contribution in [-0.2, 0) is 11.3 Å². The summed E-state index contributed by atoms with van der Waals surface area (Å²) < 4.78 is 7.88. The lowest BCUT2D eigenvalue weighted by atomic mass is 9.74. The molecular weight excluding hydrogens is 254 g/mol. The molecule has 2 rings (SSSR count). The molecule has 0 aliphatic heterocycles. The monoisotopic (exact) mass is 281 g/mol. The van der Waals surface area contributed by atoms with E-state index < -0.39 is 0 Å². The number of nitrogens with zero attached hydrogens (tertiary/aromatic N) is 3. The minimum absolute atomic E-state index is 0.0724. The van der Waals surface area contributed by atoms with Crippen molar-refractivity contribution in [2.24, 2.45) is 11.8 Å². The number of aryl methyl sites for hydroxylation is 1. The Kier molecular flexibility index (Phi) is 5.12. The quantitative estimate of drug-likeness (QED) is 0.614. The molecule has 114 valence electrons.